The molecule has 0 bridgehead atoms. The lowest BCUT2D eigenvalue weighted by Gasteiger charge is -2.32. The summed E-state index contributed by atoms with van der Waals surface area (Å²) in [6.07, 6.45) is 3.77. The number of hydrogen-bond acceptors (Lipinski definition) is 5. The SMILES string of the molecule is C[C@@H]1CC([N+](=O)[O-])[C@H](CO[C@H]2CC[C@@H](c3ccccc3)CC2)N1C(=O)OCc1ccccc1. The van der Waals surface area contributed by atoms with Crippen LogP contribution in [0, 0.1) is 10.1 Å². The molecule has 2 fully saturated rings. The average molecular weight is 453 g/mol. The van der Waals surface area contributed by atoms with Gasteiger partial charge in [0.1, 0.15) is 12.6 Å². The number of rotatable bonds is 7. The molecular formula is C26H32N2O5. The van der Waals surface area contributed by atoms with Gasteiger partial charge in [-0.2, -0.15) is 0 Å². The molecule has 1 amide bonds. The van der Waals surface area contributed by atoms with Crippen LogP contribution in [0.2, 0.25) is 0 Å². The van der Waals surface area contributed by atoms with E-state index in [1.165, 1.54) is 10.5 Å². The molecule has 3 atom stereocenters. The molecule has 0 aromatic heterocycles. The molecule has 0 N–H and O–H groups in total. The van der Waals surface area contributed by atoms with Crippen LogP contribution in [-0.4, -0.2) is 46.8 Å². The van der Waals surface area contributed by atoms with Crippen molar-refractivity contribution in [3.63, 3.8) is 0 Å². The molecule has 1 heterocycles. The molecule has 33 heavy (non-hydrogen) atoms. The largest absolute Gasteiger partial charge is 0.445 e. The van der Waals surface area contributed by atoms with Crippen molar-refractivity contribution in [1.82, 2.24) is 4.90 Å². The molecule has 1 saturated carbocycles. The third-order valence-corrected chi connectivity index (χ3v) is 6.99. The standard InChI is InChI=1S/C26H32N2O5/c1-19-16-24(28(30)31)25(27(19)26(29)33-17-20-8-4-2-5-9-20)18-32-23-14-12-22(13-15-23)21-10-6-3-7-11-21/h2-11,19,22-25H,12-18H2,1H3/t19-,22-,23+,24?,25+/m1/s1. The molecule has 176 valence electrons. The van der Waals surface area contributed by atoms with Crippen molar-refractivity contribution in [2.45, 2.75) is 75.8 Å². The van der Waals surface area contributed by atoms with Crippen molar-refractivity contribution in [1.29, 1.82) is 0 Å². The number of ether oxygens (including phenoxy) is 2. The summed E-state index contributed by atoms with van der Waals surface area (Å²) < 4.78 is 11.7. The molecule has 1 aliphatic heterocycles. The highest BCUT2D eigenvalue weighted by atomic mass is 16.6. The Labute approximate surface area is 194 Å². The van der Waals surface area contributed by atoms with Crippen LogP contribution in [0.1, 0.15) is 56.1 Å². The summed E-state index contributed by atoms with van der Waals surface area (Å²) in [6, 6.07) is 18.2. The van der Waals surface area contributed by atoms with E-state index in [-0.39, 0.29) is 30.3 Å². The fourth-order valence-electron chi connectivity index (χ4n) is 5.18. The van der Waals surface area contributed by atoms with Crippen LogP contribution >= 0.6 is 0 Å². The van der Waals surface area contributed by atoms with E-state index in [1.807, 2.05) is 43.3 Å². The van der Waals surface area contributed by atoms with Crippen LogP contribution < -0.4 is 0 Å². The summed E-state index contributed by atoms with van der Waals surface area (Å²) in [6.45, 7) is 2.14. The first-order chi connectivity index (χ1) is 16.0. The van der Waals surface area contributed by atoms with Crippen molar-refractivity contribution in [2.75, 3.05) is 6.61 Å². The van der Waals surface area contributed by atoms with Crippen molar-refractivity contribution in [2.24, 2.45) is 0 Å². The van der Waals surface area contributed by atoms with Gasteiger partial charge < -0.3 is 9.47 Å². The predicted octanol–water partition coefficient (Wildman–Crippen LogP) is 5.17. The average Bonchev–Trinajstić information content (AvgIpc) is 3.19. The summed E-state index contributed by atoms with van der Waals surface area (Å²) in [5, 5.41) is 11.7. The first-order valence-corrected chi connectivity index (χ1v) is 11.8. The van der Waals surface area contributed by atoms with E-state index in [0.717, 1.165) is 31.2 Å². The van der Waals surface area contributed by atoms with E-state index >= 15 is 0 Å². The first kappa shape index (κ1) is 23.2. The van der Waals surface area contributed by atoms with Gasteiger partial charge in [-0.25, -0.2) is 4.79 Å². The van der Waals surface area contributed by atoms with Gasteiger partial charge >= 0.3 is 6.09 Å². The Morgan fingerprint density at radius 1 is 1.03 bits per heavy atom. The normalized spacial score (nSPS) is 27.3. The minimum atomic E-state index is -0.843. The minimum absolute atomic E-state index is 0.0652. The van der Waals surface area contributed by atoms with Gasteiger partial charge in [0.15, 0.2) is 0 Å². The Morgan fingerprint density at radius 2 is 1.67 bits per heavy atom. The molecule has 2 aromatic carbocycles. The van der Waals surface area contributed by atoms with Gasteiger partial charge in [-0.1, -0.05) is 60.7 Å². The van der Waals surface area contributed by atoms with Crippen molar-refractivity contribution >= 4 is 6.09 Å². The fourth-order valence-corrected chi connectivity index (χ4v) is 5.18. The molecule has 1 saturated heterocycles. The van der Waals surface area contributed by atoms with Crippen molar-refractivity contribution < 1.29 is 19.2 Å². The summed E-state index contributed by atoms with van der Waals surface area (Å²) in [4.78, 5) is 25.9. The molecule has 4 rings (SSSR count). The Bertz CT molecular complexity index is 915. The van der Waals surface area contributed by atoms with Crippen LogP contribution in [0.3, 0.4) is 0 Å². The van der Waals surface area contributed by atoms with Crippen LogP contribution in [0.25, 0.3) is 0 Å². The van der Waals surface area contributed by atoms with E-state index in [1.54, 1.807) is 0 Å². The molecule has 1 aliphatic carbocycles. The number of amides is 1. The molecule has 7 nitrogen and oxygen atoms in total. The zero-order valence-electron chi connectivity index (χ0n) is 19.0. The number of hydrogen-bond donors (Lipinski definition) is 0. The van der Waals surface area contributed by atoms with Gasteiger partial charge in [-0.3, -0.25) is 15.0 Å². The number of nitrogens with zero attached hydrogens (tertiary/aromatic N) is 2. The number of nitro groups is 1. The molecule has 7 heteroatoms. The summed E-state index contributed by atoms with van der Waals surface area (Å²) in [7, 11) is 0. The van der Waals surface area contributed by atoms with Crippen LogP contribution in [0.5, 0.6) is 0 Å². The van der Waals surface area contributed by atoms with Gasteiger partial charge in [0.05, 0.1) is 12.7 Å². The topological polar surface area (TPSA) is 81.9 Å². The zero-order chi connectivity index (χ0) is 23.2. The van der Waals surface area contributed by atoms with E-state index in [4.69, 9.17) is 9.47 Å². The van der Waals surface area contributed by atoms with Gasteiger partial charge in [-0.15, -0.1) is 0 Å². The number of benzene rings is 2. The highest BCUT2D eigenvalue weighted by Crippen LogP contribution is 2.35. The molecule has 2 aliphatic rings. The monoisotopic (exact) mass is 452 g/mol. The second-order valence-electron chi connectivity index (χ2n) is 9.17. The molecule has 1 unspecified atom stereocenters. The summed E-state index contributed by atoms with van der Waals surface area (Å²) in [5.74, 6) is 0.536. The summed E-state index contributed by atoms with van der Waals surface area (Å²) >= 11 is 0. The second-order valence-corrected chi connectivity index (χ2v) is 9.17. The maximum atomic E-state index is 12.9. The van der Waals surface area contributed by atoms with Crippen molar-refractivity contribution in [3.05, 3.63) is 81.9 Å². The lowest BCUT2D eigenvalue weighted by atomic mass is 9.83. The fraction of sp³-hybridized carbons (Fsp3) is 0.500. The zero-order valence-corrected chi connectivity index (χ0v) is 19.0. The molecular weight excluding hydrogens is 420 g/mol. The van der Waals surface area contributed by atoms with Crippen LogP contribution in [-0.2, 0) is 16.1 Å². The Kier molecular flexibility index (Phi) is 7.60. The Balaban J connectivity index is 1.34. The highest BCUT2D eigenvalue weighted by Gasteiger charge is 2.49. The second kappa shape index (κ2) is 10.8. The Hall–Kier alpha value is -2.93. The van der Waals surface area contributed by atoms with E-state index < -0.39 is 18.2 Å². The van der Waals surface area contributed by atoms with E-state index in [2.05, 4.69) is 24.3 Å². The predicted molar refractivity (Wildman–Crippen MR) is 125 cm³/mol. The van der Waals surface area contributed by atoms with E-state index in [9.17, 15) is 14.9 Å². The van der Waals surface area contributed by atoms with Crippen LogP contribution in [0.15, 0.2) is 60.7 Å². The van der Waals surface area contributed by atoms with Crippen LogP contribution in [0.4, 0.5) is 4.79 Å². The lowest BCUT2D eigenvalue weighted by molar-refractivity contribution is -0.525. The smallest absolute Gasteiger partial charge is 0.410 e. The van der Waals surface area contributed by atoms with Gasteiger partial charge in [0.25, 0.3) is 0 Å². The van der Waals surface area contributed by atoms with E-state index in [0.29, 0.717) is 12.3 Å². The van der Waals surface area contributed by atoms with Gasteiger partial charge in [-0.05, 0) is 49.7 Å². The highest BCUT2D eigenvalue weighted by molar-refractivity contribution is 5.69. The maximum absolute atomic E-state index is 12.9. The molecule has 2 aromatic rings. The van der Waals surface area contributed by atoms with Gasteiger partial charge in [0, 0.05) is 17.4 Å². The first-order valence-electron chi connectivity index (χ1n) is 11.8. The maximum Gasteiger partial charge on any atom is 0.410 e. The lowest BCUT2D eigenvalue weighted by Crippen LogP contribution is -2.47. The molecule has 0 radical (unpaired) electrons. The number of likely N-dealkylation sites (tertiary alicyclic amines) is 1. The molecule has 0 spiro atoms. The number of carbonyl (C=O) groups excluding carboxylic acids is 1. The quantitative estimate of drug-likeness (QED) is 0.427. The van der Waals surface area contributed by atoms with Crippen molar-refractivity contribution in [3.8, 4) is 0 Å². The number of carbonyl (C=O) groups is 1. The third-order valence-electron chi connectivity index (χ3n) is 6.99. The Morgan fingerprint density at radius 3 is 2.30 bits per heavy atom. The summed E-state index contributed by atoms with van der Waals surface area (Å²) in [5.41, 5.74) is 2.24. The minimum Gasteiger partial charge on any atom is -0.445 e. The van der Waals surface area contributed by atoms with Gasteiger partial charge in [0.2, 0.25) is 6.04 Å². The third kappa shape index (κ3) is 5.71.